The molecule has 2 heterocycles. The molecule has 114 valence electrons. The lowest BCUT2D eigenvalue weighted by atomic mass is 10.3. The fourth-order valence-electron chi connectivity index (χ4n) is 2.23. The maximum atomic E-state index is 13.3. The lowest BCUT2D eigenvalue weighted by Gasteiger charge is -1.99. The molecule has 0 radical (unpaired) electrons. The highest BCUT2D eigenvalue weighted by atomic mass is 32.1. The number of fused-ring (bicyclic) bond motifs is 1. The minimum atomic E-state index is -0.388. The van der Waals surface area contributed by atoms with E-state index in [2.05, 4.69) is 10.1 Å². The summed E-state index contributed by atoms with van der Waals surface area (Å²) in [5, 5.41) is 4.16. The topological polar surface area (TPSA) is 52.2 Å². The van der Waals surface area contributed by atoms with Crippen LogP contribution >= 0.6 is 11.3 Å². The Bertz CT molecular complexity index is 906. The van der Waals surface area contributed by atoms with Crippen molar-refractivity contribution in [2.24, 2.45) is 4.99 Å². The first-order chi connectivity index (χ1) is 10.6. The highest BCUT2D eigenvalue weighted by Gasteiger charge is 2.11. The SMILES string of the molecule is CCn1ccc(C(=O)N=c2sc3cc(F)ccc3n2CC)n1. The molecule has 1 aromatic carbocycles. The summed E-state index contributed by atoms with van der Waals surface area (Å²) in [5.41, 5.74) is 1.19. The van der Waals surface area contributed by atoms with Crippen LogP contribution in [-0.4, -0.2) is 20.3 Å². The van der Waals surface area contributed by atoms with E-state index in [4.69, 9.17) is 0 Å². The van der Waals surface area contributed by atoms with Gasteiger partial charge in [-0.05, 0) is 38.1 Å². The van der Waals surface area contributed by atoms with Gasteiger partial charge in [0.05, 0.1) is 10.2 Å². The summed E-state index contributed by atoms with van der Waals surface area (Å²) in [7, 11) is 0. The molecule has 5 nitrogen and oxygen atoms in total. The highest BCUT2D eigenvalue weighted by molar-refractivity contribution is 7.16. The molecule has 0 bridgehead atoms. The number of rotatable bonds is 3. The van der Waals surface area contributed by atoms with Gasteiger partial charge in [0.15, 0.2) is 10.5 Å². The summed E-state index contributed by atoms with van der Waals surface area (Å²) >= 11 is 1.30. The third kappa shape index (κ3) is 2.59. The molecular formula is C15H15FN4OS. The molecule has 0 aliphatic heterocycles. The van der Waals surface area contributed by atoms with Crippen molar-refractivity contribution in [2.75, 3.05) is 0 Å². The minimum Gasteiger partial charge on any atom is -0.317 e. The normalized spacial score (nSPS) is 12.2. The van der Waals surface area contributed by atoms with Crippen molar-refractivity contribution in [1.82, 2.24) is 14.3 Å². The van der Waals surface area contributed by atoms with Gasteiger partial charge in [0.1, 0.15) is 5.82 Å². The molecule has 22 heavy (non-hydrogen) atoms. The largest absolute Gasteiger partial charge is 0.317 e. The Morgan fingerprint density at radius 2 is 2.14 bits per heavy atom. The molecule has 7 heteroatoms. The van der Waals surface area contributed by atoms with Crippen LogP contribution in [0.2, 0.25) is 0 Å². The van der Waals surface area contributed by atoms with Gasteiger partial charge in [-0.1, -0.05) is 11.3 Å². The number of halogens is 1. The van der Waals surface area contributed by atoms with Crippen LogP contribution in [-0.2, 0) is 13.1 Å². The van der Waals surface area contributed by atoms with E-state index in [-0.39, 0.29) is 11.7 Å². The van der Waals surface area contributed by atoms with Crippen molar-refractivity contribution in [2.45, 2.75) is 26.9 Å². The third-order valence-corrected chi connectivity index (χ3v) is 4.38. The summed E-state index contributed by atoms with van der Waals surface area (Å²) < 4.78 is 17.7. The number of carbonyl (C=O) groups is 1. The number of nitrogens with zero attached hydrogens (tertiary/aromatic N) is 4. The quantitative estimate of drug-likeness (QED) is 0.745. The molecule has 0 aliphatic carbocycles. The fraction of sp³-hybridized carbons (Fsp3) is 0.267. The van der Waals surface area contributed by atoms with Crippen molar-refractivity contribution in [3.8, 4) is 0 Å². The van der Waals surface area contributed by atoms with Gasteiger partial charge < -0.3 is 4.57 Å². The molecule has 0 aliphatic rings. The molecule has 3 aromatic rings. The summed E-state index contributed by atoms with van der Waals surface area (Å²) in [6.45, 7) is 5.26. The van der Waals surface area contributed by atoms with Gasteiger partial charge in [-0.15, -0.1) is 0 Å². The van der Waals surface area contributed by atoms with E-state index in [1.54, 1.807) is 23.0 Å². The van der Waals surface area contributed by atoms with Crippen molar-refractivity contribution < 1.29 is 9.18 Å². The second-order valence-electron chi connectivity index (χ2n) is 4.71. The first-order valence-corrected chi connectivity index (χ1v) is 7.85. The highest BCUT2D eigenvalue weighted by Crippen LogP contribution is 2.18. The van der Waals surface area contributed by atoms with Gasteiger partial charge in [0.25, 0.3) is 5.91 Å². The molecule has 0 fully saturated rings. The summed E-state index contributed by atoms with van der Waals surface area (Å²) in [5.74, 6) is -0.682. The first-order valence-electron chi connectivity index (χ1n) is 7.03. The first kappa shape index (κ1) is 14.6. The Hall–Kier alpha value is -2.28. The van der Waals surface area contributed by atoms with Crippen LogP contribution in [0.4, 0.5) is 4.39 Å². The smallest absolute Gasteiger partial charge is 0.300 e. The maximum absolute atomic E-state index is 13.3. The number of benzene rings is 1. The molecule has 3 rings (SSSR count). The number of thiazole rings is 1. The predicted molar refractivity (Wildman–Crippen MR) is 83.2 cm³/mol. The van der Waals surface area contributed by atoms with E-state index in [9.17, 15) is 9.18 Å². The van der Waals surface area contributed by atoms with Crippen molar-refractivity contribution in [3.05, 3.63) is 46.8 Å². The van der Waals surface area contributed by atoms with Gasteiger partial charge in [-0.2, -0.15) is 10.1 Å². The van der Waals surface area contributed by atoms with E-state index in [0.29, 0.717) is 23.6 Å². The van der Waals surface area contributed by atoms with Crippen LogP contribution < -0.4 is 4.80 Å². The number of hydrogen-bond donors (Lipinski definition) is 0. The fourth-order valence-corrected chi connectivity index (χ4v) is 3.35. The minimum absolute atomic E-state index is 0.295. The van der Waals surface area contributed by atoms with Gasteiger partial charge in [0.2, 0.25) is 0 Å². The van der Waals surface area contributed by atoms with Crippen molar-refractivity contribution >= 4 is 27.5 Å². The standard InChI is InChI=1S/C15H15FN4OS/c1-3-19-8-7-11(18-19)14(21)17-15-20(4-2)12-6-5-10(16)9-13(12)22-15/h5-9H,3-4H2,1-2H3. The van der Waals surface area contributed by atoms with Crippen LogP contribution in [0.15, 0.2) is 35.5 Å². The average molecular weight is 318 g/mol. The Morgan fingerprint density at radius 3 is 2.82 bits per heavy atom. The molecule has 0 unspecified atom stereocenters. The number of amides is 1. The van der Waals surface area contributed by atoms with E-state index in [0.717, 1.165) is 10.2 Å². The number of hydrogen-bond acceptors (Lipinski definition) is 3. The lowest BCUT2D eigenvalue weighted by molar-refractivity contribution is 0.0992. The van der Waals surface area contributed by atoms with Crippen LogP contribution in [0.25, 0.3) is 10.2 Å². The van der Waals surface area contributed by atoms with E-state index in [1.165, 1.54) is 23.5 Å². The van der Waals surface area contributed by atoms with Crippen LogP contribution in [0, 0.1) is 5.82 Å². The molecule has 2 aromatic heterocycles. The Balaban J connectivity index is 2.09. The zero-order valence-corrected chi connectivity index (χ0v) is 13.1. The van der Waals surface area contributed by atoms with Gasteiger partial charge in [-0.3, -0.25) is 9.48 Å². The summed E-state index contributed by atoms with van der Waals surface area (Å²) in [6.07, 6.45) is 1.75. The van der Waals surface area contributed by atoms with Gasteiger partial charge >= 0.3 is 0 Å². The summed E-state index contributed by atoms with van der Waals surface area (Å²) in [6, 6.07) is 6.23. The molecule has 1 amide bonds. The molecule has 0 spiro atoms. The molecule has 0 atom stereocenters. The van der Waals surface area contributed by atoms with Gasteiger partial charge in [-0.25, -0.2) is 4.39 Å². The maximum Gasteiger partial charge on any atom is 0.300 e. The van der Waals surface area contributed by atoms with E-state index < -0.39 is 0 Å². The Morgan fingerprint density at radius 1 is 1.32 bits per heavy atom. The monoisotopic (exact) mass is 318 g/mol. The average Bonchev–Trinajstić information content (AvgIpc) is 3.10. The second kappa shape index (κ2) is 5.84. The zero-order chi connectivity index (χ0) is 15.7. The Kier molecular flexibility index (Phi) is 3.89. The van der Waals surface area contributed by atoms with E-state index in [1.807, 2.05) is 18.4 Å². The second-order valence-corrected chi connectivity index (χ2v) is 5.72. The van der Waals surface area contributed by atoms with Gasteiger partial charge in [0, 0.05) is 19.3 Å². The molecule has 0 saturated carbocycles. The molecule has 0 saturated heterocycles. The van der Waals surface area contributed by atoms with Crippen molar-refractivity contribution in [1.29, 1.82) is 0 Å². The number of aromatic nitrogens is 3. The van der Waals surface area contributed by atoms with Crippen molar-refractivity contribution in [3.63, 3.8) is 0 Å². The molecular weight excluding hydrogens is 303 g/mol. The predicted octanol–water partition coefficient (Wildman–Crippen LogP) is 2.82. The lowest BCUT2D eigenvalue weighted by Crippen LogP contribution is -2.16. The van der Waals surface area contributed by atoms with E-state index >= 15 is 0 Å². The summed E-state index contributed by atoms with van der Waals surface area (Å²) in [4.78, 5) is 16.9. The third-order valence-electron chi connectivity index (χ3n) is 3.34. The number of carbonyl (C=O) groups excluding carboxylic acids is 1. The zero-order valence-electron chi connectivity index (χ0n) is 12.3. The van der Waals surface area contributed by atoms with Crippen LogP contribution in [0.3, 0.4) is 0 Å². The van der Waals surface area contributed by atoms with Crippen LogP contribution in [0.5, 0.6) is 0 Å². The molecule has 0 N–H and O–H groups in total. The Labute approximate surface area is 130 Å². The van der Waals surface area contributed by atoms with Crippen LogP contribution in [0.1, 0.15) is 24.3 Å². The number of aryl methyl sites for hydroxylation is 2.